The summed E-state index contributed by atoms with van der Waals surface area (Å²) in [5.41, 5.74) is 0. The van der Waals surface area contributed by atoms with Crippen LogP contribution in [0.4, 0.5) is 4.79 Å². The van der Waals surface area contributed by atoms with Crippen LogP contribution in [-0.4, -0.2) is 12.6 Å². The first kappa shape index (κ1) is 10.3. The van der Waals surface area contributed by atoms with Crippen LogP contribution in [-0.2, 0) is 4.74 Å². The number of carbonyl (C=O) groups is 1. The smallest absolute Gasteiger partial charge is 0.407 e. The van der Waals surface area contributed by atoms with Gasteiger partial charge in [0, 0.05) is 6.54 Å². The molecule has 0 spiro atoms. The summed E-state index contributed by atoms with van der Waals surface area (Å²) < 4.78 is 4.71. The molecule has 0 aliphatic heterocycles. The second kappa shape index (κ2) is 7.38. The summed E-state index contributed by atoms with van der Waals surface area (Å²) in [5.74, 6) is 0. The highest BCUT2D eigenvalue weighted by Gasteiger charge is 1.98. The third-order valence-electron chi connectivity index (χ3n) is 1.12. The van der Waals surface area contributed by atoms with Crippen molar-refractivity contribution >= 4 is 6.09 Å². The second-order valence-corrected chi connectivity index (χ2v) is 2.29. The molecule has 0 saturated carbocycles. The largest absolute Gasteiger partial charge is 0.442 e. The molecule has 0 aromatic rings. The zero-order valence-corrected chi connectivity index (χ0v) is 7.22. The highest BCUT2D eigenvalue weighted by Crippen LogP contribution is 1.93. The van der Waals surface area contributed by atoms with Crippen LogP contribution in [0.5, 0.6) is 0 Å². The lowest BCUT2D eigenvalue weighted by Gasteiger charge is -2.03. The SMILES string of the molecule is CCC[CH]OC(=O)NCCC. The standard InChI is InChI=1S/C8H16NO2/c1-3-5-7-11-8(10)9-6-4-2/h7H,3-6H2,1-2H3,(H,9,10). The van der Waals surface area contributed by atoms with E-state index in [1.165, 1.54) is 6.61 Å². The van der Waals surface area contributed by atoms with E-state index in [2.05, 4.69) is 5.32 Å². The van der Waals surface area contributed by atoms with Crippen LogP contribution >= 0.6 is 0 Å². The van der Waals surface area contributed by atoms with Crippen LogP contribution in [0.25, 0.3) is 0 Å². The molecule has 1 amide bonds. The predicted molar refractivity (Wildman–Crippen MR) is 44.0 cm³/mol. The summed E-state index contributed by atoms with van der Waals surface area (Å²) in [6, 6.07) is 0. The van der Waals surface area contributed by atoms with Gasteiger partial charge in [0.1, 0.15) is 6.61 Å². The van der Waals surface area contributed by atoms with Crippen molar-refractivity contribution in [1.82, 2.24) is 5.32 Å². The Morgan fingerprint density at radius 3 is 2.73 bits per heavy atom. The highest BCUT2D eigenvalue weighted by atomic mass is 16.5. The molecular weight excluding hydrogens is 142 g/mol. The van der Waals surface area contributed by atoms with E-state index in [4.69, 9.17) is 4.74 Å². The van der Waals surface area contributed by atoms with Crippen LogP contribution in [0, 0.1) is 6.61 Å². The molecule has 0 atom stereocenters. The lowest BCUT2D eigenvalue weighted by Crippen LogP contribution is -2.23. The number of unbranched alkanes of at least 4 members (excludes halogenated alkanes) is 1. The maximum Gasteiger partial charge on any atom is 0.407 e. The maximum absolute atomic E-state index is 10.7. The third kappa shape index (κ3) is 7.16. The Balaban J connectivity index is 3.09. The van der Waals surface area contributed by atoms with E-state index in [9.17, 15) is 4.79 Å². The Morgan fingerprint density at radius 1 is 1.45 bits per heavy atom. The zero-order chi connectivity index (χ0) is 8.53. The van der Waals surface area contributed by atoms with Gasteiger partial charge in [-0.2, -0.15) is 0 Å². The summed E-state index contributed by atoms with van der Waals surface area (Å²) in [4.78, 5) is 10.7. The third-order valence-corrected chi connectivity index (χ3v) is 1.12. The number of amides is 1. The van der Waals surface area contributed by atoms with E-state index < -0.39 is 0 Å². The number of alkyl carbamates (subject to hydrolysis) is 1. The van der Waals surface area contributed by atoms with Gasteiger partial charge in [-0.15, -0.1) is 0 Å². The van der Waals surface area contributed by atoms with E-state index in [0.717, 1.165) is 19.3 Å². The monoisotopic (exact) mass is 158 g/mol. The van der Waals surface area contributed by atoms with Gasteiger partial charge < -0.3 is 10.1 Å². The minimum absolute atomic E-state index is 0.347. The van der Waals surface area contributed by atoms with Crippen LogP contribution in [0.15, 0.2) is 0 Å². The molecule has 0 unspecified atom stereocenters. The zero-order valence-electron chi connectivity index (χ0n) is 7.22. The first-order valence-corrected chi connectivity index (χ1v) is 4.07. The first-order valence-electron chi connectivity index (χ1n) is 4.07. The molecule has 11 heavy (non-hydrogen) atoms. The molecule has 0 saturated heterocycles. The van der Waals surface area contributed by atoms with Gasteiger partial charge in [-0.1, -0.05) is 20.3 Å². The van der Waals surface area contributed by atoms with Crippen molar-refractivity contribution in [2.24, 2.45) is 0 Å². The second-order valence-electron chi connectivity index (χ2n) is 2.29. The molecule has 0 heterocycles. The highest BCUT2D eigenvalue weighted by molar-refractivity contribution is 5.67. The summed E-state index contributed by atoms with van der Waals surface area (Å²) in [6.45, 7) is 6.24. The lowest BCUT2D eigenvalue weighted by molar-refractivity contribution is 0.169. The van der Waals surface area contributed by atoms with Crippen LogP contribution < -0.4 is 5.32 Å². The molecule has 1 radical (unpaired) electrons. The van der Waals surface area contributed by atoms with E-state index >= 15 is 0 Å². The van der Waals surface area contributed by atoms with Gasteiger partial charge in [-0.25, -0.2) is 4.79 Å². The summed E-state index contributed by atoms with van der Waals surface area (Å²) >= 11 is 0. The van der Waals surface area contributed by atoms with Crippen LogP contribution in [0.3, 0.4) is 0 Å². The molecule has 3 heteroatoms. The van der Waals surface area contributed by atoms with Crippen molar-refractivity contribution < 1.29 is 9.53 Å². The fourth-order valence-electron chi connectivity index (χ4n) is 0.521. The fourth-order valence-corrected chi connectivity index (χ4v) is 0.521. The lowest BCUT2D eigenvalue weighted by atomic mass is 10.4. The Kier molecular flexibility index (Phi) is 6.89. The molecule has 65 valence electrons. The number of nitrogens with one attached hydrogen (secondary N) is 1. The molecular formula is C8H16NO2. The molecule has 0 aliphatic carbocycles. The average Bonchev–Trinajstić information content (AvgIpc) is 2.01. The van der Waals surface area contributed by atoms with Crippen molar-refractivity contribution in [3.8, 4) is 0 Å². The van der Waals surface area contributed by atoms with Gasteiger partial charge in [0.05, 0.1) is 0 Å². The van der Waals surface area contributed by atoms with E-state index in [1.807, 2.05) is 13.8 Å². The van der Waals surface area contributed by atoms with Crippen molar-refractivity contribution in [1.29, 1.82) is 0 Å². The van der Waals surface area contributed by atoms with Gasteiger partial charge in [-0.05, 0) is 12.8 Å². The number of carbonyl (C=O) groups excluding carboxylic acids is 1. The van der Waals surface area contributed by atoms with Crippen molar-refractivity contribution in [2.45, 2.75) is 33.1 Å². The molecule has 3 nitrogen and oxygen atoms in total. The summed E-state index contributed by atoms with van der Waals surface area (Å²) in [7, 11) is 0. The van der Waals surface area contributed by atoms with E-state index in [1.54, 1.807) is 0 Å². The Hall–Kier alpha value is -0.730. The van der Waals surface area contributed by atoms with Crippen molar-refractivity contribution in [2.75, 3.05) is 6.54 Å². The minimum atomic E-state index is -0.347. The summed E-state index contributed by atoms with van der Waals surface area (Å²) in [5, 5.41) is 2.60. The van der Waals surface area contributed by atoms with Crippen molar-refractivity contribution in [3.05, 3.63) is 6.61 Å². The molecule has 1 N–H and O–H groups in total. The van der Waals surface area contributed by atoms with Gasteiger partial charge in [0.2, 0.25) is 0 Å². The number of hydrogen-bond acceptors (Lipinski definition) is 2. The predicted octanol–water partition coefficient (Wildman–Crippen LogP) is 2.08. The van der Waals surface area contributed by atoms with E-state index in [-0.39, 0.29) is 6.09 Å². The molecule has 0 aromatic heterocycles. The normalized spacial score (nSPS) is 9.27. The molecule has 0 rings (SSSR count). The van der Waals surface area contributed by atoms with Gasteiger partial charge >= 0.3 is 6.09 Å². The van der Waals surface area contributed by atoms with Crippen molar-refractivity contribution in [3.63, 3.8) is 0 Å². The van der Waals surface area contributed by atoms with E-state index in [0.29, 0.717) is 6.54 Å². The van der Waals surface area contributed by atoms with Gasteiger partial charge in [0.15, 0.2) is 0 Å². The Bertz CT molecular complexity index is 104. The molecule has 0 aliphatic rings. The molecule has 0 aromatic carbocycles. The molecule has 0 bridgehead atoms. The van der Waals surface area contributed by atoms with Crippen LogP contribution in [0.1, 0.15) is 33.1 Å². The Labute approximate surface area is 68.1 Å². The number of ether oxygens (including phenoxy) is 1. The maximum atomic E-state index is 10.7. The topological polar surface area (TPSA) is 38.3 Å². The summed E-state index contributed by atoms with van der Waals surface area (Å²) in [6.07, 6.45) is 2.41. The number of hydrogen-bond donors (Lipinski definition) is 1. The average molecular weight is 158 g/mol. The fraction of sp³-hybridized carbons (Fsp3) is 0.750. The van der Waals surface area contributed by atoms with Crippen LogP contribution in [0.2, 0.25) is 0 Å². The number of rotatable bonds is 5. The quantitative estimate of drug-likeness (QED) is 0.622. The van der Waals surface area contributed by atoms with Gasteiger partial charge in [-0.3, -0.25) is 0 Å². The minimum Gasteiger partial charge on any atom is -0.442 e. The first-order chi connectivity index (χ1) is 5.31. The molecule has 0 fully saturated rings. The van der Waals surface area contributed by atoms with Gasteiger partial charge in [0.25, 0.3) is 0 Å². The Morgan fingerprint density at radius 2 is 2.18 bits per heavy atom.